The van der Waals surface area contributed by atoms with Gasteiger partial charge in [-0.3, -0.25) is 0 Å². The fourth-order valence-electron chi connectivity index (χ4n) is 1.83. The van der Waals surface area contributed by atoms with Gasteiger partial charge in [0.15, 0.2) is 0 Å². The molecule has 2 rings (SSSR count). The normalized spacial score (nSPS) is 19.9. The van der Waals surface area contributed by atoms with Crippen molar-refractivity contribution in [3.05, 3.63) is 29.3 Å². The van der Waals surface area contributed by atoms with Crippen LogP contribution in [0.5, 0.6) is 0 Å². The molecule has 1 N–H and O–H groups in total. The summed E-state index contributed by atoms with van der Waals surface area (Å²) in [7, 11) is 0. The quantitative estimate of drug-likeness (QED) is 0.737. The van der Waals surface area contributed by atoms with Crippen molar-refractivity contribution in [3.8, 4) is 0 Å². The van der Waals surface area contributed by atoms with Crippen LogP contribution in [0.15, 0.2) is 18.2 Å². The number of thiocarbonyl (C=S) groups is 1. The first-order valence-electron chi connectivity index (χ1n) is 5.28. The fourth-order valence-corrected chi connectivity index (χ4v) is 2.11. The maximum Gasteiger partial charge on any atom is 0.261 e. The highest BCUT2D eigenvalue weighted by Crippen LogP contribution is 2.23. The number of aryl methyl sites for hydroxylation is 1. The van der Waals surface area contributed by atoms with Gasteiger partial charge in [0.1, 0.15) is 6.10 Å². The molecule has 0 saturated heterocycles. The smallest absolute Gasteiger partial charge is 0.261 e. The minimum Gasteiger partial charge on any atom is -0.467 e. The summed E-state index contributed by atoms with van der Waals surface area (Å²) in [4.78, 5) is 0. The minimum atomic E-state index is 0.151. The van der Waals surface area contributed by atoms with Gasteiger partial charge in [0, 0.05) is 12.1 Å². The van der Waals surface area contributed by atoms with Crippen molar-refractivity contribution in [3.63, 3.8) is 0 Å². The van der Waals surface area contributed by atoms with Gasteiger partial charge in [-0.15, -0.1) is 0 Å². The number of hydrogen-bond acceptors (Lipinski definition) is 2. The number of rotatable bonds is 1. The first-order chi connectivity index (χ1) is 7.19. The van der Waals surface area contributed by atoms with E-state index in [0.717, 1.165) is 18.5 Å². The van der Waals surface area contributed by atoms with Crippen molar-refractivity contribution in [2.75, 3.05) is 5.32 Å². The molecule has 1 aliphatic heterocycles. The third-order valence-electron chi connectivity index (χ3n) is 2.63. The molecule has 1 aliphatic rings. The van der Waals surface area contributed by atoms with Crippen LogP contribution in [0, 0.1) is 0 Å². The Bertz CT molecular complexity index is 389. The van der Waals surface area contributed by atoms with E-state index in [4.69, 9.17) is 17.0 Å². The van der Waals surface area contributed by atoms with Gasteiger partial charge in [0.2, 0.25) is 0 Å². The molecule has 0 saturated carbocycles. The van der Waals surface area contributed by atoms with E-state index in [9.17, 15) is 0 Å². The van der Waals surface area contributed by atoms with Gasteiger partial charge in [0.25, 0.3) is 5.17 Å². The van der Waals surface area contributed by atoms with Crippen LogP contribution < -0.4 is 5.32 Å². The van der Waals surface area contributed by atoms with E-state index in [1.165, 1.54) is 11.1 Å². The average Bonchev–Trinajstić information content (AvgIpc) is 2.33. The molecule has 0 aliphatic carbocycles. The maximum atomic E-state index is 5.49. The van der Waals surface area contributed by atoms with E-state index in [0.29, 0.717) is 5.17 Å². The van der Waals surface area contributed by atoms with Crippen LogP contribution in [-0.2, 0) is 17.6 Å². The number of ether oxygens (including phenoxy) is 1. The number of anilines is 1. The predicted octanol–water partition coefficient (Wildman–Crippen LogP) is 2.91. The lowest BCUT2D eigenvalue weighted by Crippen LogP contribution is -2.16. The van der Waals surface area contributed by atoms with Crippen LogP contribution in [0.3, 0.4) is 0 Å². The monoisotopic (exact) mass is 221 g/mol. The highest BCUT2D eigenvalue weighted by molar-refractivity contribution is 7.80. The summed E-state index contributed by atoms with van der Waals surface area (Å²) in [6.07, 6.45) is 2.13. The summed E-state index contributed by atoms with van der Waals surface area (Å²) in [5, 5.41) is 3.59. The summed E-state index contributed by atoms with van der Waals surface area (Å²) in [5.74, 6) is 0. The molecule has 0 amide bonds. The van der Waals surface area contributed by atoms with E-state index in [1.54, 1.807) is 0 Å². The molecule has 0 aromatic heterocycles. The second-order valence-corrected chi connectivity index (χ2v) is 4.26. The first-order valence-corrected chi connectivity index (χ1v) is 5.69. The van der Waals surface area contributed by atoms with Crippen molar-refractivity contribution in [1.82, 2.24) is 0 Å². The van der Waals surface area contributed by atoms with Crippen molar-refractivity contribution in [2.24, 2.45) is 0 Å². The molecule has 80 valence electrons. The Morgan fingerprint density at radius 3 is 3.07 bits per heavy atom. The third kappa shape index (κ3) is 2.29. The largest absolute Gasteiger partial charge is 0.467 e. The zero-order valence-electron chi connectivity index (χ0n) is 9.04. The van der Waals surface area contributed by atoms with Crippen LogP contribution in [0.1, 0.15) is 25.0 Å². The van der Waals surface area contributed by atoms with Crippen LogP contribution in [0.25, 0.3) is 0 Å². The lowest BCUT2D eigenvalue weighted by atomic mass is 10.0. The molecular formula is C12H15NOS. The molecule has 1 atom stereocenters. The van der Waals surface area contributed by atoms with Crippen molar-refractivity contribution >= 4 is 23.1 Å². The molecular weight excluding hydrogens is 206 g/mol. The van der Waals surface area contributed by atoms with Gasteiger partial charge in [-0.25, -0.2) is 0 Å². The molecule has 1 unspecified atom stereocenters. The van der Waals surface area contributed by atoms with Gasteiger partial charge in [-0.05, 0) is 42.8 Å². The van der Waals surface area contributed by atoms with Crippen LogP contribution in [0.2, 0.25) is 0 Å². The van der Waals surface area contributed by atoms with E-state index >= 15 is 0 Å². The van der Waals surface area contributed by atoms with Crippen molar-refractivity contribution in [1.29, 1.82) is 0 Å². The number of fused-ring (bicyclic) bond motifs is 1. The lowest BCUT2D eigenvalue weighted by molar-refractivity contribution is 0.217. The SMILES string of the molecule is CCc1ccc2c(c1)CC(C)OC(=S)N2. The second kappa shape index (κ2) is 4.19. The maximum absolute atomic E-state index is 5.49. The molecule has 15 heavy (non-hydrogen) atoms. The summed E-state index contributed by atoms with van der Waals surface area (Å²) in [6.45, 7) is 4.21. The summed E-state index contributed by atoms with van der Waals surface area (Å²) in [6, 6.07) is 6.45. The molecule has 3 heteroatoms. The number of hydrogen-bond donors (Lipinski definition) is 1. The highest BCUT2D eigenvalue weighted by atomic mass is 32.1. The molecule has 0 fully saturated rings. The Morgan fingerprint density at radius 2 is 2.33 bits per heavy atom. The number of nitrogens with one attached hydrogen (secondary N) is 1. The lowest BCUT2D eigenvalue weighted by Gasteiger charge is -2.09. The molecule has 1 aromatic rings. The highest BCUT2D eigenvalue weighted by Gasteiger charge is 2.16. The summed E-state index contributed by atoms with van der Waals surface area (Å²) >= 11 is 5.07. The molecule has 0 bridgehead atoms. The standard InChI is InChI=1S/C12H15NOS/c1-3-9-4-5-11-10(7-9)6-8(2)14-12(15)13-11/h4-5,7-8H,3,6H2,1-2H3,(H,13,15). The Balaban J connectivity index is 2.37. The molecule has 2 nitrogen and oxygen atoms in total. The summed E-state index contributed by atoms with van der Waals surface area (Å²) < 4.78 is 5.49. The Labute approximate surface area is 95.6 Å². The van der Waals surface area contributed by atoms with E-state index in [2.05, 4.69) is 30.4 Å². The zero-order chi connectivity index (χ0) is 10.8. The Morgan fingerprint density at radius 1 is 1.53 bits per heavy atom. The van der Waals surface area contributed by atoms with Crippen LogP contribution in [-0.4, -0.2) is 11.3 Å². The van der Waals surface area contributed by atoms with Crippen molar-refractivity contribution in [2.45, 2.75) is 32.8 Å². The van der Waals surface area contributed by atoms with E-state index in [1.807, 2.05) is 6.92 Å². The molecule has 0 spiro atoms. The Kier molecular flexibility index (Phi) is 2.91. The van der Waals surface area contributed by atoms with E-state index < -0.39 is 0 Å². The van der Waals surface area contributed by atoms with Gasteiger partial charge in [0.05, 0.1) is 0 Å². The van der Waals surface area contributed by atoms with Crippen LogP contribution in [0.4, 0.5) is 5.69 Å². The summed E-state index contributed by atoms with van der Waals surface area (Å²) in [5.41, 5.74) is 3.74. The number of benzene rings is 1. The van der Waals surface area contributed by atoms with Gasteiger partial charge >= 0.3 is 0 Å². The van der Waals surface area contributed by atoms with E-state index in [-0.39, 0.29) is 6.10 Å². The van der Waals surface area contributed by atoms with Crippen molar-refractivity contribution < 1.29 is 4.74 Å². The van der Waals surface area contributed by atoms with Gasteiger partial charge in [-0.2, -0.15) is 0 Å². The zero-order valence-corrected chi connectivity index (χ0v) is 9.86. The average molecular weight is 221 g/mol. The van der Waals surface area contributed by atoms with Gasteiger partial charge < -0.3 is 10.1 Å². The predicted molar refractivity (Wildman–Crippen MR) is 66.3 cm³/mol. The molecule has 0 radical (unpaired) electrons. The molecule has 1 heterocycles. The fraction of sp³-hybridized carbons (Fsp3) is 0.417. The third-order valence-corrected chi connectivity index (χ3v) is 2.83. The Hall–Kier alpha value is -1.09. The first kappa shape index (κ1) is 10.4. The topological polar surface area (TPSA) is 21.3 Å². The van der Waals surface area contributed by atoms with Crippen LogP contribution >= 0.6 is 12.2 Å². The second-order valence-electron chi connectivity index (χ2n) is 3.89. The molecule has 1 aromatic carbocycles. The minimum absolute atomic E-state index is 0.151. The van der Waals surface area contributed by atoms with Gasteiger partial charge in [-0.1, -0.05) is 19.1 Å².